The van der Waals surface area contributed by atoms with Gasteiger partial charge in [0.05, 0.1) is 7.11 Å². The normalized spacial score (nSPS) is 11.3. The largest absolute Gasteiger partial charge is 0.496 e. The summed E-state index contributed by atoms with van der Waals surface area (Å²) in [5.74, 6) is 6.32. The van der Waals surface area contributed by atoms with E-state index in [1.807, 2.05) is 0 Å². The standard InChI is InChI=1S/C11H15N3O2S/c1-7(15)8-3-4-10(16-2)9(5-8)6-17-11(12)14-13/h3-5H,6,13H2,1-2H3,(H2,12,14). The van der Waals surface area contributed by atoms with Gasteiger partial charge in [-0.2, -0.15) is 5.10 Å². The van der Waals surface area contributed by atoms with Gasteiger partial charge >= 0.3 is 0 Å². The van der Waals surface area contributed by atoms with Gasteiger partial charge in [-0.1, -0.05) is 11.8 Å². The maximum absolute atomic E-state index is 11.3. The van der Waals surface area contributed by atoms with Crippen LogP contribution in [-0.4, -0.2) is 18.1 Å². The molecule has 1 rings (SSSR count). The number of methoxy groups -OCH3 is 1. The Labute approximate surface area is 104 Å². The smallest absolute Gasteiger partial charge is 0.177 e. The van der Waals surface area contributed by atoms with Crippen molar-refractivity contribution in [3.05, 3.63) is 29.3 Å². The highest BCUT2D eigenvalue weighted by Crippen LogP contribution is 2.24. The molecule has 0 aliphatic rings. The summed E-state index contributed by atoms with van der Waals surface area (Å²) >= 11 is 1.29. The van der Waals surface area contributed by atoms with Crippen molar-refractivity contribution in [2.24, 2.45) is 16.7 Å². The van der Waals surface area contributed by atoms with Crippen LogP contribution in [0.25, 0.3) is 0 Å². The maximum atomic E-state index is 11.3. The lowest BCUT2D eigenvalue weighted by Gasteiger charge is -2.09. The van der Waals surface area contributed by atoms with E-state index in [1.54, 1.807) is 25.3 Å². The third-order valence-corrected chi connectivity index (χ3v) is 3.05. The third-order valence-electron chi connectivity index (χ3n) is 2.19. The zero-order chi connectivity index (χ0) is 12.8. The van der Waals surface area contributed by atoms with Crippen LogP contribution < -0.4 is 16.3 Å². The van der Waals surface area contributed by atoms with Crippen LogP contribution in [0.5, 0.6) is 5.75 Å². The first-order valence-corrected chi connectivity index (χ1v) is 5.91. The quantitative estimate of drug-likeness (QED) is 0.278. The van der Waals surface area contributed by atoms with Crippen LogP contribution in [0.15, 0.2) is 23.3 Å². The molecule has 0 amide bonds. The topological polar surface area (TPSA) is 90.7 Å². The van der Waals surface area contributed by atoms with Gasteiger partial charge in [-0.25, -0.2) is 0 Å². The van der Waals surface area contributed by atoms with Crippen LogP contribution >= 0.6 is 11.8 Å². The summed E-state index contributed by atoms with van der Waals surface area (Å²) in [6.45, 7) is 1.52. The number of thioether (sulfide) groups is 1. The number of amidine groups is 1. The second-order valence-electron chi connectivity index (χ2n) is 3.34. The number of ether oxygens (including phenoxy) is 1. The van der Waals surface area contributed by atoms with Gasteiger partial charge in [0.25, 0.3) is 0 Å². The summed E-state index contributed by atoms with van der Waals surface area (Å²) in [6.07, 6.45) is 0. The highest BCUT2D eigenvalue weighted by molar-refractivity contribution is 8.13. The molecule has 5 nitrogen and oxygen atoms in total. The van der Waals surface area contributed by atoms with E-state index in [0.717, 1.165) is 5.56 Å². The van der Waals surface area contributed by atoms with Crippen LogP contribution in [0.1, 0.15) is 22.8 Å². The van der Waals surface area contributed by atoms with E-state index < -0.39 is 0 Å². The van der Waals surface area contributed by atoms with Gasteiger partial charge in [0, 0.05) is 16.9 Å². The van der Waals surface area contributed by atoms with Crippen molar-refractivity contribution in [1.82, 2.24) is 0 Å². The van der Waals surface area contributed by atoms with Crippen molar-refractivity contribution in [2.45, 2.75) is 12.7 Å². The minimum absolute atomic E-state index is 0.0133. The molecule has 6 heteroatoms. The zero-order valence-electron chi connectivity index (χ0n) is 9.77. The molecule has 92 valence electrons. The number of benzene rings is 1. The Kier molecular flexibility index (Phi) is 4.84. The van der Waals surface area contributed by atoms with Crippen molar-refractivity contribution < 1.29 is 9.53 Å². The summed E-state index contributed by atoms with van der Waals surface area (Å²) in [7, 11) is 1.58. The predicted octanol–water partition coefficient (Wildman–Crippen LogP) is 1.32. The van der Waals surface area contributed by atoms with E-state index in [1.165, 1.54) is 18.7 Å². The van der Waals surface area contributed by atoms with Gasteiger partial charge < -0.3 is 16.3 Å². The van der Waals surface area contributed by atoms with Gasteiger partial charge in [-0.05, 0) is 25.1 Å². The average molecular weight is 253 g/mol. The van der Waals surface area contributed by atoms with Gasteiger partial charge in [-0.3, -0.25) is 4.79 Å². The van der Waals surface area contributed by atoms with Crippen molar-refractivity contribution in [3.8, 4) is 5.75 Å². The zero-order valence-corrected chi connectivity index (χ0v) is 10.6. The molecule has 0 spiro atoms. The summed E-state index contributed by atoms with van der Waals surface area (Å²) in [5.41, 5.74) is 7.02. The molecule has 1 aromatic carbocycles. The van der Waals surface area contributed by atoms with E-state index in [-0.39, 0.29) is 5.78 Å². The van der Waals surface area contributed by atoms with Crippen molar-refractivity contribution >= 4 is 22.7 Å². The Morgan fingerprint density at radius 3 is 2.76 bits per heavy atom. The molecule has 0 fully saturated rings. The SMILES string of the molecule is COc1ccc(C(C)=O)cc1CSC(N)=NN. The van der Waals surface area contributed by atoms with Crippen LogP contribution in [0.4, 0.5) is 0 Å². The van der Waals surface area contributed by atoms with Crippen LogP contribution in [0.3, 0.4) is 0 Å². The number of hydrazone groups is 1. The number of Topliss-reactive ketones (excluding diaryl/α,β-unsaturated/α-hetero) is 1. The van der Waals surface area contributed by atoms with E-state index in [9.17, 15) is 4.79 Å². The second kappa shape index (κ2) is 6.15. The molecule has 0 unspecified atom stereocenters. The first-order chi connectivity index (χ1) is 8.08. The number of hydrogen-bond donors (Lipinski definition) is 2. The molecular weight excluding hydrogens is 238 g/mol. The first kappa shape index (κ1) is 13.4. The summed E-state index contributed by atoms with van der Waals surface area (Å²) in [4.78, 5) is 11.3. The minimum Gasteiger partial charge on any atom is -0.496 e. The fourth-order valence-electron chi connectivity index (χ4n) is 1.30. The fourth-order valence-corrected chi connectivity index (χ4v) is 1.90. The molecule has 1 aromatic rings. The highest BCUT2D eigenvalue weighted by Gasteiger charge is 2.08. The van der Waals surface area contributed by atoms with Gasteiger partial charge in [0.1, 0.15) is 5.75 Å². The first-order valence-electron chi connectivity index (χ1n) is 4.92. The van der Waals surface area contributed by atoms with Crippen LogP contribution in [0.2, 0.25) is 0 Å². The Bertz CT molecular complexity index is 446. The number of nitrogens with zero attached hydrogens (tertiary/aromatic N) is 1. The van der Waals surface area contributed by atoms with Crippen LogP contribution in [0, 0.1) is 0 Å². The highest BCUT2D eigenvalue weighted by atomic mass is 32.2. The van der Waals surface area contributed by atoms with Gasteiger partial charge in [-0.15, -0.1) is 0 Å². The fraction of sp³-hybridized carbons (Fsp3) is 0.273. The molecule has 0 heterocycles. The molecule has 0 aliphatic heterocycles. The molecular formula is C11H15N3O2S. The third kappa shape index (κ3) is 3.67. The average Bonchev–Trinajstić information content (AvgIpc) is 2.35. The number of carbonyl (C=O) groups excluding carboxylic acids is 1. The lowest BCUT2D eigenvalue weighted by Crippen LogP contribution is -2.09. The van der Waals surface area contributed by atoms with Crippen molar-refractivity contribution in [2.75, 3.05) is 7.11 Å². The summed E-state index contributed by atoms with van der Waals surface area (Å²) in [6, 6.07) is 5.29. The number of rotatable bonds is 4. The number of nitrogens with two attached hydrogens (primary N) is 2. The lowest BCUT2D eigenvalue weighted by atomic mass is 10.1. The minimum atomic E-state index is 0.0133. The molecule has 4 N–H and O–H groups in total. The van der Waals surface area contributed by atoms with Crippen LogP contribution in [-0.2, 0) is 5.75 Å². The van der Waals surface area contributed by atoms with Gasteiger partial charge in [0.15, 0.2) is 11.0 Å². The molecule has 17 heavy (non-hydrogen) atoms. The van der Waals surface area contributed by atoms with E-state index in [0.29, 0.717) is 22.2 Å². The number of ketones is 1. The van der Waals surface area contributed by atoms with Crippen molar-refractivity contribution in [3.63, 3.8) is 0 Å². The van der Waals surface area contributed by atoms with E-state index >= 15 is 0 Å². The molecule has 0 bridgehead atoms. The molecule has 0 aliphatic carbocycles. The lowest BCUT2D eigenvalue weighted by molar-refractivity contribution is 0.101. The van der Waals surface area contributed by atoms with Crippen molar-refractivity contribution in [1.29, 1.82) is 0 Å². The Hall–Kier alpha value is -1.69. The monoisotopic (exact) mass is 253 g/mol. The number of carbonyl (C=O) groups is 1. The van der Waals surface area contributed by atoms with E-state index in [4.69, 9.17) is 16.3 Å². The maximum Gasteiger partial charge on any atom is 0.177 e. The Morgan fingerprint density at radius 2 is 2.24 bits per heavy atom. The Balaban J connectivity index is 2.94. The molecule has 0 atom stereocenters. The summed E-state index contributed by atoms with van der Waals surface area (Å²) < 4.78 is 5.21. The van der Waals surface area contributed by atoms with Gasteiger partial charge in [0.2, 0.25) is 0 Å². The molecule has 0 saturated carbocycles. The molecule has 0 radical (unpaired) electrons. The molecule has 0 saturated heterocycles. The predicted molar refractivity (Wildman–Crippen MR) is 70.1 cm³/mol. The molecule has 0 aromatic heterocycles. The van der Waals surface area contributed by atoms with E-state index in [2.05, 4.69) is 5.10 Å². The number of hydrogen-bond acceptors (Lipinski definition) is 5. The Morgan fingerprint density at radius 1 is 1.53 bits per heavy atom. The second-order valence-corrected chi connectivity index (χ2v) is 4.33. The summed E-state index contributed by atoms with van der Waals surface area (Å²) in [5, 5.41) is 3.66.